The Morgan fingerprint density at radius 1 is 1.35 bits per heavy atom. The monoisotopic (exact) mass is 300 g/mol. The molecular weight excluding hydrogens is 276 g/mol. The van der Waals surface area contributed by atoms with Gasteiger partial charge in [-0.1, -0.05) is 6.42 Å². The number of nitrogens with one attached hydrogen (secondary N) is 3. The second-order valence-corrected chi connectivity index (χ2v) is 6.63. The van der Waals surface area contributed by atoms with E-state index in [1.165, 1.54) is 0 Å². The number of thioether (sulfide) groups is 1. The number of hydrogen-bond donors (Lipinski definition) is 4. The zero-order chi connectivity index (χ0) is 14.4. The number of unbranched alkanes of at least 4 members (excludes halogenated alkanes) is 1. The van der Waals surface area contributed by atoms with Crippen LogP contribution in [0.3, 0.4) is 0 Å². The van der Waals surface area contributed by atoms with Crippen LogP contribution in [-0.2, 0) is 4.79 Å². The molecule has 2 heterocycles. The number of rotatable bonds is 8. The lowest BCUT2D eigenvalue weighted by Crippen LogP contribution is -2.36. The van der Waals surface area contributed by atoms with Crippen LogP contribution in [0.1, 0.15) is 32.1 Å². The largest absolute Gasteiger partial charge is 0.356 e. The van der Waals surface area contributed by atoms with Gasteiger partial charge in [0, 0.05) is 24.0 Å². The summed E-state index contributed by atoms with van der Waals surface area (Å²) < 4.78 is 0. The van der Waals surface area contributed by atoms with E-state index >= 15 is 0 Å². The third-order valence-electron chi connectivity index (χ3n) is 3.78. The van der Waals surface area contributed by atoms with Crippen molar-refractivity contribution in [2.75, 3.05) is 18.8 Å². The lowest BCUT2D eigenvalue weighted by Gasteiger charge is -2.16. The Morgan fingerprint density at radius 3 is 3.00 bits per heavy atom. The van der Waals surface area contributed by atoms with Crippen LogP contribution in [0.5, 0.6) is 0 Å². The highest BCUT2D eigenvalue weighted by Crippen LogP contribution is 2.33. The van der Waals surface area contributed by atoms with Crippen molar-refractivity contribution in [3.8, 4) is 0 Å². The summed E-state index contributed by atoms with van der Waals surface area (Å²) in [6.45, 7) is 1.29. The van der Waals surface area contributed by atoms with E-state index in [9.17, 15) is 9.59 Å². The molecule has 0 bridgehead atoms. The Balaban J connectivity index is 1.55. The number of carbonyl (C=O) groups is 2. The average molecular weight is 300 g/mol. The summed E-state index contributed by atoms with van der Waals surface area (Å²) in [4.78, 5) is 22.8. The van der Waals surface area contributed by atoms with Gasteiger partial charge >= 0.3 is 6.03 Å². The first-order valence-electron chi connectivity index (χ1n) is 7.36. The minimum Gasteiger partial charge on any atom is -0.356 e. The fourth-order valence-corrected chi connectivity index (χ4v) is 4.24. The van der Waals surface area contributed by atoms with Crippen LogP contribution in [0.2, 0.25) is 0 Å². The SMILES string of the molecule is NCCCNC(=O)CCCC[C@@H]1SC[C@H]2NC(=O)N[C@@H]12. The third-order valence-corrected chi connectivity index (χ3v) is 5.29. The van der Waals surface area contributed by atoms with E-state index in [1.807, 2.05) is 11.8 Å². The van der Waals surface area contributed by atoms with Crippen LogP contribution in [0.15, 0.2) is 0 Å². The molecule has 2 aliphatic rings. The molecule has 5 N–H and O–H groups in total. The zero-order valence-corrected chi connectivity index (χ0v) is 12.5. The van der Waals surface area contributed by atoms with Crippen LogP contribution in [0, 0.1) is 0 Å². The molecule has 0 aromatic rings. The average Bonchev–Trinajstić information content (AvgIpc) is 2.95. The predicted molar refractivity (Wildman–Crippen MR) is 80.6 cm³/mol. The first-order valence-corrected chi connectivity index (χ1v) is 8.41. The molecule has 0 aliphatic carbocycles. The van der Waals surface area contributed by atoms with Gasteiger partial charge in [-0.25, -0.2) is 4.79 Å². The number of nitrogens with two attached hydrogens (primary N) is 1. The lowest BCUT2D eigenvalue weighted by molar-refractivity contribution is -0.121. The molecule has 2 fully saturated rings. The molecule has 3 amide bonds. The first-order chi connectivity index (χ1) is 9.70. The fraction of sp³-hybridized carbons (Fsp3) is 0.846. The molecular formula is C13H24N4O2S. The van der Waals surface area contributed by atoms with Gasteiger partial charge in [-0.15, -0.1) is 0 Å². The highest BCUT2D eigenvalue weighted by atomic mass is 32.2. The fourth-order valence-electron chi connectivity index (χ4n) is 2.69. The molecule has 2 rings (SSSR count). The lowest BCUT2D eigenvalue weighted by atomic mass is 10.0. The van der Waals surface area contributed by atoms with Crippen molar-refractivity contribution in [2.45, 2.75) is 49.4 Å². The van der Waals surface area contributed by atoms with E-state index in [2.05, 4.69) is 16.0 Å². The summed E-state index contributed by atoms with van der Waals surface area (Å²) in [5.41, 5.74) is 5.37. The smallest absolute Gasteiger partial charge is 0.315 e. The number of amides is 3. The molecule has 0 aromatic carbocycles. The maximum absolute atomic E-state index is 11.5. The molecule has 0 aromatic heterocycles. The summed E-state index contributed by atoms with van der Waals surface area (Å²) in [6, 6.07) is 0.521. The summed E-state index contributed by atoms with van der Waals surface area (Å²) in [5, 5.41) is 9.27. The molecule has 0 unspecified atom stereocenters. The Kier molecular flexibility index (Phi) is 5.97. The molecule has 3 atom stereocenters. The molecule has 2 saturated heterocycles. The van der Waals surface area contributed by atoms with Gasteiger partial charge in [-0.2, -0.15) is 11.8 Å². The molecule has 20 heavy (non-hydrogen) atoms. The molecule has 7 heteroatoms. The predicted octanol–water partition coefficient (Wildman–Crippen LogP) is 0.177. The van der Waals surface area contributed by atoms with Gasteiger partial charge in [0.25, 0.3) is 0 Å². The van der Waals surface area contributed by atoms with E-state index in [0.717, 1.165) is 31.4 Å². The topological polar surface area (TPSA) is 96.2 Å². The maximum atomic E-state index is 11.5. The Hall–Kier alpha value is -0.950. The van der Waals surface area contributed by atoms with Crippen molar-refractivity contribution in [3.05, 3.63) is 0 Å². The summed E-state index contributed by atoms with van der Waals surface area (Å²) in [5.74, 6) is 1.11. The van der Waals surface area contributed by atoms with Crippen molar-refractivity contribution in [1.82, 2.24) is 16.0 Å². The highest BCUT2D eigenvalue weighted by Gasteiger charge is 2.42. The van der Waals surface area contributed by atoms with Gasteiger partial charge in [-0.05, 0) is 25.8 Å². The molecule has 0 radical (unpaired) electrons. The maximum Gasteiger partial charge on any atom is 0.315 e. The van der Waals surface area contributed by atoms with Crippen molar-refractivity contribution >= 4 is 23.7 Å². The van der Waals surface area contributed by atoms with Crippen LogP contribution in [0.25, 0.3) is 0 Å². The summed E-state index contributed by atoms with van der Waals surface area (Å²) in [6.07, 6.45) is 4.41. The van der Waals surface area contributed by atoms with Gasteiger partial charge in [-0.3, -0.25) is 4.79 Å². The minimum absolute atomic E-state index is 0.0374. The summed E-state index contributed by atoms with van der Waals surface area (Å²) in [7, 11) is 0. The molecule has 0 saturated carbocycles. The Morgan fingerprint density at radius 2 is 2.20 bits per heavy atom. The quantitative estimate of drug-likeness (QED) is 0.380. The minimum atomic E-state index is -0.0374. The van der Waals surface area contributed by atoms with Gasteiger partial charge in [0.2, 0.25) is 5.91 Å². The van der Waals surface area contributed by atoms with Gasteiger partial charge in [0.1, 0.15) is 0 Å². The second kappa shape index (κ2) is 7.73. The first kappa shape index (κ1) is 15.4. The number of carbonyl (C=O) groups excluding carboxylic acids is 2. The van der Waals surface area contributed by atoms with Gasteiger partial charge < -0.3 is 21.7 Å². The number of urea groups is 1. The standard InChI is InChI=1S/C13H24N4O2S/c14-6-3-7-15-11(18)5-2-1-4-10-12-9(8-20-10)16-13(19)17-12/h9-10,12H,1-8,14H2,(H,15,18)(H2,16,17,19)/t9-,10+,12-/m1/s1. The van der Waals surface area contributed by atoms with Crippen molar-refractivity contribution in [1.29, 1.82) is 0 Å². The molecule has 6 nitrogen and oxygen atoms in total. The Labute approximate surface area is 124 Å². The highest BCUT2D eigenvalue weighted by molar-refractivity contribution is 8.00. The van der Waals surface area contributed by atoms with E-state index in [1.54, 1.807) is 0 Å². The molecule has 0 spiro atoms. The number of hydrogen-bond acceptors (Lipinski definition) is 4. The Bertz CT molecular complexity index is 353. The normalized spacial score (nSPS) is 27.9. The van der Waals surface area contributed by atoms with E-state index in [0.29, 0.717) is 24.8 Å². The molecule has 114 valence electrons. The zero-order valence-electron chi connectivity index (χ0n) is 11.7. The van der Waals surface area contributed by atoms with E-state index in [4.69, 9.17) is 5.73 Å². The van der Waals surface area contributed by atoms with Crippen molar-refractivity contribution < 1.29 is 9.59 Å². The van der Waals surface area contributed by atoms with Crippen molar-refractivity contribution in [3.63, 3.8) is 0 Å². The van der Waals surface area contributed by atoms with Crippen LogP contribution < -0.4 is 21.7 Å². The van der Waals surface area contributed by atoms with E-state index < -0.39 is 0 Å². The van der Waals surface area contributed by atoms with Crippen molar-refractivity contribution in [2.24, 2.45) is 5.73 Å². The second-order valence-electron chi connectivity index (χ2n) is 5.36. The van der Waals surface area contributed by atoms with E-state index in [-0.39, 0.29) is 24.0 Å². The third kappa shape index (κ3) is 4.28. The van der Waals surface area contributed by atoms with Gasteiger partial charge in [0.15, 0.2) is 0 Å². The number of fused-ring (bicyclic) bond motifs is 1. The molecule has 2 aliphatic heterocycles. The van der Waals surface area contributed by atoms with Crippen LogP contribution in [0.4, 0.5) is 4.79 Å². The summed E-state index contributed by atoms with van der Waals surface area (Å²) >= 11 is 1.92. The van der Waals surface area contributed by atoms with Crippen LogP contribution >= 0.6 is 11.8 Å². The van der Waals surface area contributed by atoms with Crippen LogP contribution in [-0.4, -0.2) is 48.1 Å². The van der Waals surface area contributed by atoms with Gasteiger partial charge in [0.05, 0.1) is 12.1 Å².